The van der Waals surface area contributed by atoms with Gasteiger partial charge in [0.15, 0.2) is 0 Å². The van der Waals surface area contributed by atoms with Crippen LogP contribution in [0.25, 0.3) is 0 Å². The van der Waals surface area contributed by atoms with Gasteiger partial charge in [0.25, 0.3) is 11.8 Å². The number of rotatable bonds is 5. The molecule has 3 aromatic carbocycles. The highest BCUT2D eigenvalue weighted by molar-refractivity contribution is 6.06. The van der Waals surface area contributed by atoms with Crippen molar-refractivity contribution in [2.45, 2.75) is 0 Å². The van der Waals surface area contributed by atoms with E-state index in [-0.39, 0.29) is 11.8 Å². The van der Waals surface area contributed by atoms with Crippen molar-refractivity contribution in [3.63, 3.8) is 0 Å². The van der Waals surface area contributed by atoms with Crippen LogP contribution >= 0.6 is 0 Å². The molecule has 0 bridgehead atoms. The highest BCUT2D eigenvalue weighted by Crippen LogP contribution is 2.17. The van der Waals surface area contributed by atoms with Crippen LogP contribution in [0.15, 0.2) is 78.9 Å². The van der Waals surface area contributed by atoms with E-state index in [1.807, 2.05) is 61.5 Å². The molecule has 0 heterocycles. The number of carbonyl (C=O) groups excluding carboxylic acids is 2. The Hall–Kier alpha value is -3.60. The normalized spacial score (nSPS) is 10.1. The zero-order valence-corrected chi connectivity index (χ0v) is 15.3. The molecule has 0 saturated carbocycles. The minimum atomic E-state index is -0.200. The van der Waals surface area contributed by atoms with Crippen LogP contribution in [-0.2, 0) is 0 Å². The lowest BCUT2D eigenvalue weighted by Crippen LogP contribution is -2.14. The fourth-order valence-corrected chi connectivity index (χ4v) is 2.54. The molecule has 0 aliphatic heterocycles. The molecule has 0 atom stereocenters. The summed E-state index contributed by atoms with van der Waals surface area (Å²) in [4.78, 5) is 26.5. The third-order valence-electron chi connectivity index (χ3n) is 4.08. The van der Waals surface area contributed by atoms with Gasteiger partial charge in [0, 0.05) is 42.3 Å². The van der Waals surface area contributed by atoms with E-state index in [4.69, 9.17) is 0 Å². The van der Waals surface area contributed by atoms with E-state index < -0.39 is 0 Å². The summed E-state index contributed by atoms with van der Waals surface area (Å²) in [5.74, 6) is -0.387. The van der Waals surface area contributed by atoms with Crippen LogP contribution in [0.1, 0.15) is 20.7 Å². The summed E-state index contributed by atoms with van der Waals surface area (Å²) in [6.45, 7) is 0. The van der Waals surface area contributed by atoms with Crippen molar-refractivity contribution in [1.82, 2.24) is 0 Å². The Morgan fingerprint density at radius 3 is 1.56 bits per heavy atom. The molecular weight excluding hydrogens is 338 g/mol. The van der Waals surface area contributed by atoms with Crippen LogP contribution in [0, 0.1) is 0 Å². The number of benzene rings is 3. The maximum atomic E-state index is 12.4. The van der Waals surface area contributed by atoms with E-state index in [9.17, 15) is 9.59 Å². The molecule has 0 unspecified atom stereocenters. The second kappa shape index (κ2) is 8.19. The number of hydrogen-bond acceptors (Lipinski definition) is 3. The van der Waals surface area contributed by atoms with Crippen molar-refractivity contribution in [3.8, 4) is 0 Å². The summed E-state index contributed by atoms with van der Waals surface area (Å²) in [7, 11) is 3.93. The first-order valence-electron chi connectivity index (χ1n) is 8.58. The Morgan fingerprint density at radius 2 is 1.07 bits per heavy atom. The van der Waals surface area contributed by atoms with Crippen molar-refractivity contribution >= 4 is 28.9 Å². The monoisotopic (exact) mass is 359 g/mol. The van der Waals surface area contributed by atoms with Gasteiger partial charge in [-0.25, -0.2) is 0 Å². The number of amides is 2. The van der Waals surface area contributed by atoms with Gasteiger partial charge in [0.2, 0.25) is 0 Å². The van der Waals surface area contributed by atoms with Gasteiger partial charge < -0.3 is 15.5 Å². The van der Waals surface area contributed by atoms with Crippen LogP contribution < -0.4 is 15.5 Å². The van der Waals surface area contributed by atoms with Crippen LogP contribution in [0.3, 0.4) is 0 Å². The van der Waals surface area contributed by atoms with Gasteiger partial charge in [-0.1, -0.05) is 18.2 Å². The lowest BCUT2D eigenvalue weighted by Gasteiger charge is -2.13. The number of nitrogens with zero attached hydrogens (tertiary/aromatic N) is 1. The van der Waals surface area contributed by atoms with E-state index >= 15 is 0 Å². The molecule has 0 fully saturated rings. The largest absolute Gasteiger partial charge is 0.378 e. The molecule has 5 nitrogen and oxygen atoms in total. The Kier molecular flexibility index (Phi) is 5.52. The predicted octanol–water partition coefficient (Wildman–Crippen LogP) is 4.26. The van der Waals surface area contributed by atoms with E-state index in [0.717, 1.165) is 11.4 Å². The maximum absolute atomic E-state index is 12.4. The molecular formula is C22H21N3O2. The average molecular weight is 359 g/mol. The van der Waals surface area contributed by atoms with Crippen LogP contribution in [0.5, 0.6) is 0 Å². The Morgan fingerprint density at radius 1 is 0.630 bits per heavy atom. The summed E-state index contributed by atoms with van der Waals surface area (Å²) < 4.78 is 0. The number of hydrogen-bond donors (Lipinski definition) is 2. The average Bonchev–Trinajstić information content (AvgIpc) is 2.69. The molecule has 0 aliphatic rings. The fourth-order valence-electron chi connectivity index (χ4n) is 2.54. The zero-order valence-electron chi connectivity index (χ0n) is 15.3. The SMILES string of the molecule is CN(C)c1ccc(NC(=O)c2ccc(NC(=O)c3ccccc3)cc2)cc1. The van der Waals surface area contributed by atoms with E-state index in [1.54, 1.807) is 36.4 Å². The molecule has 3 rings (SSSR count). The molecule has 27 heavy (non-hydrogen) atoms. The lowest BCUT2D eigenvalue weighted by molar-refractivity contribution is 0.102. The molecule has 5 heteroatoms. The molecule has 136 valence electrons. The van der Waals surface area contributed by atoms with Gasteiger partial charge in [-0.05, 0) is 60.7 Å². The highest BCUT2D eigenvalue weighted by Gasteiger charge is 2.08. The third kappa shape index (κ3) is 4.73. The van der Waals surface area contributed by atoms with Crippen LogP contribution in [0.4, 0.5) is 17.1 Å². The molecule has 0 spiro atoms. The van der Waals surface area contributed by atoms with Crippen LogP contribution in [-0.4, -0.2) is 25.9 Å². The molecule has 0 aliphatic carbocycles. The molecule has 0 saturated heterocycles. The first-order chi connectivity index (χ1) is 13.0. The Balaban J connectivity index is 1.62. The molecule has 0 radical (unpaired) electrons. The van der Waals surface area contributed by atoms with Crippen LogP contribution in [0.2, 0.25) is 0 Å². The molecule has 2 N–H and O–H groups in total. The zero-order chi connectivity index (χ0) is 19.2. The van der Waals surface area contributed by atoms with Gasteiger partial charge in [-0.2, -0.15) is 0 Å². The topological polar surface area (TPSA) is 61.4 Å². The van der Waals surface area contributed by atoms with Crippen molar-refractivity contribution in [2.24, 2.45) is 0 Å². The second-order valence-electron chi connectivity index (χ2n) is 6.29. The number of anilines is 3. The Labute approximate surface area is 158 Å². The number of nitrogens with one attached hydrogen (secondary N) is 2. The molecule has 3 aromatic rings. The van der Waals surface area contributed by atoms with E-state index in [0.29, 0.717) is 16.8 Å². The van der Waals surface area contributed by atoms with Gasteiger partial charge in [-0.15, -0.1) is 0 Å². The first kappa shape index (κ1) is 18.2. The summed E-state index contributed by atoms with van der Waals surface area (Å²) in [5.41, 5.74) is 3.53. The van der Waals surface area contributed by atoms with E-state index in [2.05, 4.69) is 10.6 Å². The van der Waals surface area contributed by atoms with E-state index in [1.165, 1.54) is 0 Å². The molecule has 2 amide bonds. The van der Waals surface area contributed by atoms with Gasteiger partial charge in [0.1, 0.15) is 0 Å². The predicted molar refractivity (Wildman–Crippen MR) is 110 cm³/mol. The number of carbonyl (C=O) groups is 2. The molecule has 0 aromatic heterocycles. The Bertz CT molecular complexity index is 918. The van der Waals surface area contributed by atoms with Crippen molar-refractivity contribution in [1.29, 1.82) is 0 Å². The minimum absolute atomic E-state index is 0.186. The van der Waals surface area contributed by atoms with Gasteiger partial charge >= 0.3 is 0 Å². The lowest BCUT2D eigenvalue weighted by atomic mass is 10.1. The standard InChI is InChI=1S/C22H21N3O2/c1-25(2)20-14-12-19(13-15-20)24-22(27)17-8-10-18(11-9-17)23-21(26)16-6-4-3-5-7-16/h3-15H,1-2H3,(H,23,26)(H,24,27). The van der Waals surface area contributed by atoms with Gasteiger partial charge in [-0.3, -0.25) is 9.59 Å². The highest BCUT2D eigenvalue weighted by atomic mass is 16.2. The smallest absolute Gasteiger partial charge is 0.255 e. The van der Waals surface area contributed by atoms with Crippen molar-refractivity contribution in [2.75, 3.05) is 29.6 Å². The third-order valence-corrected chi connectivity index (χ3v) is 4.08. The second-order valence-corrected chi connectivity index (χ2v) is 6.29. The first-order valence-corrected chi connectivity index (χ1v) is 8.58. The quantitative estimate of drug-likeness (QED) is 0.716. The van der Waals surface area contributed by atoms with Gasteiger partial charge in [0.05, 0.1) is 0 Å². The summed E-state index contributed by atoms with van der Waals surface area (Å²) >= 11 is 0. The summed E-state index contributed by atoms with van der Waals surface area (Å²) in [6, 6.07) is 23.4. The van der Waals surface area contributed by atoms with Crippen molar-refractivity contribution in [3.05, 3.63) is 90.0 Å². The summed E-state index contributed by atoms with van der Waals surface area (Å²) in [5, 5.41) is 5.68. The maximum Gasteiger partial charge on any atom is 0.255 e. The van der Waals surface area contributed by atoms with Crippen molar-refractivity contribution < 1.29 is 9.59 Å². The fraction of sp³-hybridized carbons (Fsp3) is 0.0909. The minimum Gasteiger partial charge on any atom is -0.378 e. The summed E-state index contributed by atoms with van der Waals surface area (Å²) in [6.07, 6.45) is 0.